The molecule has 21 heavy (non-hydrogen) atoms. The van der Waals surface area contributed by atoms with Crippen LogP contribution in [0.15, 0.2) is 30.3 Å². The van der Waals surface area contributed by atoms with Crippen LogP contribution in [0.3, 0.4) is 0 Å². The van der Waals surface area contributed by atoms with Gasteiger partial charge in [0.05, 0.1) is 11.1 Å². The van der Waals surface area contributed by atoms with Crippen LogP contribution in [0.5, 0.6) is 0 Å². The molecule has 1 amide bonds. The smallest absolute Gasteiger partial charge is 0.252 e. The van der Waals surface area contributed by atoms with Gasteiger partial charge in [-0.05, 0) is 38.1 Å². The lowest BCUT2D eigenvalue weighted by Crippen LogP contribution is -2.33. The maximum Gasteiger partial charge on any atom is 0.252 e. The lowest BCUT2D eigenvalue weighted by molar-refractivity contribution is 0.0951. The number of hydrogen-bond donors (Lipinski definition) is 2. The highest BCUT2D eigenvalue weighted by molar-refractivity contribution is 6.06. The molecule has 0 aliphatic carbocycles. The van der Waals surface area contributed by atoms with Gasteiger partial charge < -0.3 is 16.0 Å². The van der Waals surface area contributed by atoms with Gasteiger partial charge in [-0.3, -0.25) is 4.79 Å². The molecule has 5 heteroatoms. The molecular formula is C16H20N4O. The predicted molar refractivity (Wildman–Crippen MR) is 84.2 cm³/mol. The van der Waals surface area contributed by atoms with Crippen LogP contribution in [-0.4, -0.2) is 42.0 Å². The highest BCUT2D eigenvalue weighted by Gasteiger charge is 2.14. The third kappa shape index (κ3) is 3.13. The zero-order chi connectivity index (χ0) is 14.7. The minimum atomic E-state index is -0.0838. The number of anilines is 1. The van der Waals surface area contributed by atoms with Crippen molar-refractivity contribution in [3.8, 4) is 0 Å². The summed E-state index contributed by atoms with van der Waals surface area (Å²) in [6.45, 7) is 3.85. The van der Waals surface area contributed by atoms with Gasteiger partial charge in [-0.25, -0.2) is 4.98 Å². The van der Waals surface area contributed by atoms with E-state index in [1.807, 2.05) is 24.3 Å². The highest BCUT2D eigenvalue weighted by Crippen LogP contribution is 2.19. The number of pyridine rings is 1. The second-order valence-corrected chi connectivity index (χ2v) is 5.42. The van der Waals surface area contributed by atoms with Crippen LogP contribution in [-0.2, 0) is 0 Å². The second-order valence-electron chi connectivity index (χ2n) is 5.42. The first-order valence-electron chi connectivity index (χ1n) is 7.40. The minimum Gasteiger partial charge on any atom is -0.384 e. The number of benzene rings is 1. The predicted octanol–water partition coefficient (Wildman–Crippen LogP) is 1.64. The summed E-state index contributed by atoms with van der Waals surface area (Å²) in [6.07, 6.45) is 2.53. The number of aromatic nitrogens is 1. The molecule has 0 radical (unpaired) electrons. The van der Waals surface area contributed by atoms with Crippen molar-refractivity contribution in [2.24, 2.45) is 0 Å². The van der Waals surface area contributed by atoms with Crippen molar-refractivity contribution in [3.05, 3.63) is 35.9 Å². The number of likely N-dealkylation sites (tertiary alicyclic amines) is 1. The number of fused-ring (bicyclic) bond motifs is 1. The number of nitrogens with two attached hydrogens (primary N) is 1. The van der Waals surface area contributed by atoms with E-state index in [0.717, 1.165) is 30.5 Å². The summed E-state index contributed by atoms with van der Waals surface area (Å²) in [6, 6.07) is 9.21. The monoisotopic (exact) mass is 284 g/mol. The van der Waals surface area contributed by atoms with Crippen LogP contribution < -0.4 is 11.1 Å². The zero-order valence-corrected chi connectivity index (χ0v) is 12.0. The maximum absolute atomic E-state index is 12.4. The molecule has 5 nitrogen and oxygen atoms in total. The molecule has 2 heterocycles. The zero-order valence-electron chi connectivity index (χ0n) is 12.0. The van der Waals surface area contributed by atoms with E-state index in [1.165, 1.54) is 12.8 Å². The van der Waals surface area contributed by atoms with Crippen LogP contribution in [0.2, 0.25) is 0 Å². The summed E-state index contributed by atoms with van der Waals surface area (Å²) in [4.78, 5) is 19.0. The molecule has 110 valence electrons. The van der Waals surface area contributed by atoms with E-state index in [-0.39, 0.29) is 5.91 Å². The summed E-state index contributed by atoms with van der Waals surface area (Å²) in [5, 5.41) is 3.82. The molecule has 1 saturated heterocycles. The SMILES string of the molecule is Nc1cc(C(=O)NCCN2CCCC2)c2ccccc2n1. The van der Waals surface area contributed by atoms with Crippen molar-refractivity contribution in [3.63, 3.8) is 0 Å². The number of carbonyl (C=O) groups excluding carboxylic acids is 1. The molecular weight excluding hydrogens is 264 g/mol. The Kier molecular flexibility index (Phi) is 4.01. The van der Waals surface area contributed by atoms with Gasteiger partial charge in [0, 0.05) is 18.5 Å². The first-order valence-corrected chi connectivity index (χ1v) is 7.40. The summed E-state index contributed by atoms with van der Waals surface area (Å²) in [7, 11) is 0. The Bertz CT molecular complexity index is 650. The van der Waals surface area contributed by atoms with Crippen LogP contribution >= 0.6 is 0 Å². The molecule has 0 bridgehead atoms. The van der Waals surface area contributed by atoms with E-state index in [9.17, 15) is 4.79 Å². The summed E-state index contributed by atoms with van der Waals surface area (Å²) in [5.74, 6) is 0.290. The van der Waals surface area contributed by atoms with Crippen LogP contribution in [0, 0.1) is 0 Å². The Morgan fingerprint density at radius 1 is 1.29 bits per heavy atom. The van der Waals surface area contributed by atoms with Gasteiger partial charge in [0.2, 0.25) is 0 Å². The number of para-hydroxylation sites is 1. The molecule has 0 saturated carbocycles. The van der Waals surface area contributed by atoms with E-state index >= 15 is 0 Å². The first-order chi connectivity index (χ1) is 10.2. The molecule has 1 fully saturated rings. The molecule has 0 unspecified atom stereocenters. The van der Waals surface area contributed by atoms with E-state index in [4.69, 9.17) is 5.73 Å². The van der Waals surface area contributed by atoms with Crippen LogP contribution in [0.4, 0.5) is 5.82 Å². The Morgan fingerprint density at radius 2 is 2.05 bits per heavy atom. The third-order valence-electron chi connectivity index (χ3n) is 3.89. The molecule has 2 aromatic rings. The largest absolute Gasteiger partial charge is 0.384 e. The second kappa shape index (κ2) is 6.10. The standard InChI is InChI=1S/C16H20N4O/c17-15-11-13(12-5-1-2-6-14(12)19-15)16(21)18-7-10-20-8-3-4-9-20/h1-2,5-6,11H,3-4,7-10H2,(H2,17,19)(H,18,21). The number of nitrogen functional groups attached to an aromatic ring is 1. The Hall–Kier alpha value is -2.14. The fourth-order valence-electron chi connectivity index (χ4n) is 2.81. The van der Waals surface area contributed by atoms with E-state index in [1.54, 1.807) is 6.07 Å². The number of amides is 1. The fourth-order valence-corrected chi connectivity index (χ4v) is 2.81. The maximum atomic E-state index is 12.4. The van der Waals surface area contributed by atoms with Crippen LogP contribution in [0.1, 0.15) is 23.2 Å². The van der Waals surface area contributed by atoms with Gasteiger partial charge in [0.1, 0.15) is 5.82 Å². The summed E-state index contributed by atoms with van der Waals surface area (Å²) in [5.41, 5.74) is 7.14. The summed E-state index contributed by atoms with van der Waals surface area (Å²) >= 11 is 0. The number of nitrogens with zero attached hydrogens (tertiary/aromatic N) is 2. The number of hydrogen-bond acceptors (Lipinski definition) is 4. The van der Waals surface area contributed by atoms with Gasteiger partial charge in [-0.15, -0.1) is 0 Å². The number of carbonyl (C=O) groups is 1. The van der Waals surface area contributed by atoms with Crippen molar-refractivity contribution < 1.29 is 4.79 Å². The van der Waals surface area contributed by atoms with Crippen LogP contribution in [0.25, 0.3) is 10.9 Å². The van der Waals surface area contributed by atoms with Crippen molar-refractivity contribution >= 4 is 22.6 Å². The average Bonchev–Trinajstić information content (AvgIpc) is 2.99. The van der Waals surface area contributed by atoms with Crippen molar-refractivity contribution in [2.75, 3.05) is 31.9 Å². The number of nitrogens with one attached hydrogen (secondary N) is 1. The van der Waals surface area contributed by atoms with E-state index < -0.39 is 0 Å². The Labute approximate surface area is 124 Å². The lowest BCUT2D eigenvalue weighted by atomic mass is 10.1. The van der Waals surface area contributed by atoms with Gasteiger partial charge >= 0.3 is 0 Å². The third-order valence-corrected chi connectivity index (χ3v) is 3.89. The fraction of sp³-hybridized carbons (Fsp3) is 0.375. The topological polar surface area (TPSA) is 71.2 Å². The van der Waals surface area contributed by atoms with Gasteiger partial charge in [0.15, 0.2) is 0 Å². The molecule has 1 aromatic heterocycles. The highest BCUT2D eigenvalue weighted by atomic mass is 16.1. The Balaban J connectivity index is 1.71. The van der Waals surface area contributed by atoms with E-state index in [2.05, 4.69) is 15.2 Å². The molecule has 0 spiro atoms. The quantitative estimate of drug-likeness (QED) is 0.895. The molecule has 1 aliphatic rings. The number of rotatable bonds is 4. The molecule has 3 rings (SSSR count). The molecule has 1 aliphatic heterocycles. The molecule has 3 N–H and O–H groups in total. The van der Waals surface area contributed by atoms with E-state index in [0.29, 0.717) is 17.9 Å². The first kappa shape index (κ1) is 13.8. The lowest BCUT2D eigenvalue weighted by Gasteiger charge is -2.15. The summed E-state index contributed by atoms with van der Waals surface area (Å²) < 4.78 is 0. The van der Waals surface area contributed by atoms with Crippen molar-refractivity contribution in [2.45, 2.75) is 12.8 Å². The minimum absolute atomic E-state index is 0.0838. The normalized spacial score (nSPS) is 15.4. The molecule has 1 aromatic carbocycles. The van der Waals surface area contributed by atoms with Gasteiger partial charge in [0.25, 0.3) is 5.91 Å². The van der Waals surface area contributed by atoms with Crippen molar-refractivity contribution in [1.29, 1.82) is 0 Å². The van der Waals surface area contributed by atoms with Gasteiger partial charge in [-0.1, -0.05) is 18.2 Å². The van der Waals surface area contributed by atoms with Crippen molar-refractivity contribution in [1.82, 2.24) is 15.2 Å². The molecule has 0 atom stereocenters. The van der Waals surface area contributed by atoms with Gasteiger partial charge in [-0.2, -0.15) is 0 Å². The Morgan fingerprint density at radius 3 is 2.86 bits per heavy atom. The average molecular weight is 284 g/mol.